The van der Waals surface area contributed by atoms with E-state index in [1.54, 1.807) is 24.3 Å². The minimum Gasteiger partial charge on any atom is -0.343 e. The molecule has 1 heterocycles. The van der Waals surface area contributed by atoms with Gasteiger partial charge in [-0.05, 0) is 73.6 Å². The maximum atomic E-state index is 13.3. The number of carbonyl (C=O) groups excluding carboxylic acids is 2. The van der Waals surface area contributed by atoms with Gasteiger partial charge in [-0.1, -0.05) is 48.3 Å². The largest absolute Gasteiger partial charge is 0.343 e. The van der Waals surface area contributed by atoms with E-state index in [1.165, 1.54) is 0 Å². The second kappa shape index (κ2) is 8.89. The van der Waals surface area contributed by atoms with Gasteiger partial charge in [-0.2, -0.15) is 0 Å². The Morgan fingerprint density at radius 3 is 2.55 bits per heavy atom. The van der Waals surface area contributed by atoms with Crippen LogP contribution in [0.2, 0.25) is 10.0 Å². The number of carbonyl (C=O) groups is 2. The molecule has 2 aromatic carbocycles. The van der Waals surface area contributed by atoms with Crippen LogP contribution in [0.1, 0.15) is 46.2 Å². The van der Waals surface area contributed by atoms with Gasteiger partial charge in [0.05, 0.1) is 5.56 Å². The number of nitrogens with zero attached hydrogens (tertiary/aromatic N) is 1. The number of hydrogen-bond donors (Lipinski definition) is 1. The van der Waals surface area contributed by atoms with Crippen LogP contribution in [-0.2, 0) is 24.2 Å². The Bertz CT molecular complexity index is 1150. The van der Waals surface area contributed by atoms with Gasteiger partial charge in [-0.25, -0.2) is 0 Å². The van der Waals surface area contributed by atoms with Gasteiger partial charge in [-0.15, -0.1) is 0 Å². The normalized spacial score (nSPS) is 15.4. The van der Waals surface area contributed by atoms with Crippen molar-refractivity contribution in [2.24, 2.45) is 5.92 Å². The molecule has 1 atom stereocenters. The third kappa shape index (κ3) is 4.56. The quantitative estimate of drug-likeness (QED) is 0.374. The second-order valence-electron chi connectivity index (χ2n) is 8.24. The van der Waals surface area contributed by atoms with Crippen LogP contribution in [0.15, 0.2) is 48.5 Å². The van der Waals surface area contributed by atoms with Gasteiger partial charge >= 0.3 is 0 Å². The maximum Gasteiger partial charge on any atom is 0.296 e. The summed E-state index contributed by atoms with van der Waals surface area (Å²) in [6, 6.07) is 14.5. The van der Waals surface area contributed by atoms with Gasteiger partial charge in [-0.3, -0.25) is 9.59 Å². The molecular formula is C25H24Cl2N2O2. The van der Waals surface area contributed by atoms with Gasteiger partial charge in [0.1, 0.15) is 0 Å². The fraction of sp³-hybridized carbons (Fsp3) is 0.280. The highest BCUT2D eigenvalue weighted by atomic mass is 35.5. The molecule has 160 valence electrons. The van der Waals surface area contributed by atoms with E-state index >= 15 is 0 Å². The van der Waals surface area contributed by atoms with Crippen LogP contribution in [0.4, 0.5) is 5.69 Å². The topological polar surface area (TPSA) is 51.1 Å². The number of halogens is 2. The smallest absolute Gasteiger partial charge is 0.296 e. The van der Waals surface area contributed by atoms with Crippen molar-refractivity contribution in [2.75, 3.05) is 5.32 Å². The van der Waals surface area contributed by atoms with Crippen LogP contribution < -0.4 is 5.32 Å². The SMILES string of the molecule is Cc1c(C(=O)C(=O)Nc2cccc(Cl)c2)c2c(n1Cc1ccc(Cl)cc1)CCC(C)C2. The lowest BCUT2D eigenvalue weighted by Gasteiger charge is -2.21. The summed E-state index contributed by atoms with van der Waals surface area (Å²) in [5, 5.41) is 3.89. The summed E-state index contributed by atoms with van der Waals surface area (Å²) in [7, 11) is 0. The number of Topliss-reactive ketones (excluding diaryl/α,β-unsaturated/α-hetero) is 1. The van der Waals surface area contributed by atoms with E-state index in [-0.39, 0.29) is 0 Å². The van der Waals surface area contributed by atoms with Crippen LogP contribution in [-0.4, -0.2) is 16.3 Å². The molecule has 0 bridgehead atoms. The number of ketones is 1. The zero-order valence-electron chi connectivity index (χ0n) is 17.5. The summed E-state index contributed by atoms with van der Waals surface area (Å²) in [5.74, 6) is -0.673. The van der Waals surface area contributed by atoms with Crippen LogP contribution in [0.5, 0.6) is 0 Å². The highest BCUT2D eigenvalue weighted by molar-refractivity contribution is 6.47. The van der Waals surface area contributed by atoms with Crippen LogP contribution in [0.3, 0.4) is 0 Å². The number of hydrogen-bond acceptors (Lipinski definition) is 2. The number of rotatable bonds is 5. The van der Waals surface area contributed by atoms with Crippen molar-refractivity contribution in [1.29, 1.82) is 0 Å². The number of anilines is 1. The summed E-state index contributed by atoms with van der Waals surface area (Å²) in [6.45, 7) is 4.76. The fourth-order valence-corrected chi connectivity index (χ4v) is 4.67. The molecule has 0 spiro atoms. The van der Waals surface area contributed by atoms with Crippen LogP contribution in [0.25, 0.3) is 0 Å². The van der Waals surface area contributed by atoms with Gasteiger partial charge < -0.3 is 9.88 Å². The molecule has 1 aliphatic rings. The number of fused-ring (bicyclic) bond motifs is 1. The van der Waals surface area contributed by atoms with Gasteiger partial charge in [0.25, 0.3) is 11.7 Å². The first-order valence-corrected chi connectivity index (χ1v) is 11.2. The van der Waals surface area contributed by atoms with Crippen molar-refractivity contribution < 1.29 is 9.59 Å². The zero-order chi connectivity index (χ0) is 22.1. The lowest BCUT2D eigenvalue weighted by atomic mass is 9.86. The standard InChI is InChI=1S/C25H24Cl2N2O2/c1-15-6-11-22-21(12-15)23(16(2)29(22)14-17-7-9-18(26)10-8-17)24(30)25(31)28-20-5-3-4-19(27)13-20/h3-5,7-10,13,15H,6,11-12,14H2,1-2H3,(H,28,31). The predicted octanol–water partition coefficient (Wildman–Crippen LogP) is 6.10. The Hall–Kier alpha value is -2.56. The van der Waals surface area contributed by atoms with Crippen molar-refractivity contribution in [3.05, 3.63) is 86.7 Å². The molecule has 0 aliphatic heterocycles. The highest BCUT2D eigenvalue weighted by Gasteiger charge is 2.31. The Morgan fingerprint density at radius 1 is 1.10 bits per heavy atom. The van der Waals surface area contributed by atoms with Crippen LogP contribution >= 0.6 is 23.2 Å². The summed E-state index contributed by atoms with van der Waals surface area (Å²) in [4.78, 5) is 26.1. The molecular weight excluding hydrogens is 431 g/mol. The summed E-state index contributed by atoms with van der Waals surface area (Å²) in [5.41, 5.74) is 5.15. The monoisotopic (exact) mass is 454 g/mol. The molecule has 31 heavy (non-hydrogen) atoms. The average Bonchev–Trinajstić information content (AvgIpc) is 2.99. The van der Waals surface area contributed by atoms with E-state index in [2.05, 4.69) is 16.8 Å². The van der Waals surface area contributed by atoms with Crippen molar-refractivity contribution in [1.82, 2.24) is 4.57 Å². The van der Waals surface area contributed by atoms with Gasteiger partial charge in [0, 0.05) is 33.7 Å². The number of benzene rings is 2. The van der Waals surface area contributed by atoms with Gasteiger partial charge in [0.15, 0.2) is 0 Å². The van der Waals surface area contributed by atoms with Crippen molar-refractivity contribution in [2.45, 2.75) is 39.7 Å². The summed E-state index contributed by atoms with van der Waals surface area (Å²) < 4.78 is 2.18. The fourth-order valence-electron chi connectivity index (χ4n) is 4.36. The first-order chi connectivity index (χ1) is 14.8. The maximum absolute atomic E-state index is 13.3. The van der Waals surface area contributed by atoms with E-state index < -0.39 is 11.7 Å². The molecule has 1 unspecified atom stereocenters. The number of amides is 1. The van der Waals surface area contributed by atoms with E-state index in [0.29, 0.717) is 33.8 Å². The first kappa shape index (κ1) is 21.7. The molecule has 4 nitrogen and oxygen atoms in total. The van der Waals surface area contributed by atoms with E-state index in [4.69, 9.17) is 23.2 Å². The minimum absolute atomic E-state index is 0.473. The highest BCUT2D eigenvalue weighted by Crippen LogP contribution is 2.33. The minimum atomic E-state index is -0.643. The lowest BCUT2D eigenvalue weighted by Crippen LogP contribution is -2.25. The van der Waals surface area contributed by atoms with E-state index in [1.807, 2.05) is 31.2 Å². The molecule has 3 aromatic rings. The zero-order valence-corrected chi connectivity index (χ0v) is 19.1. The Balaban J connectivity index is 1.69. The Morgan fingerprint density at radius 2 is 1.84 bits per heavy atom. The molecule has 0 saturated carbocycles. The third-order valence-electron chi connectivity index (χ3n) is 5.94. The molecule has 1 N–H and O–H groups in total. The summed E-state index contributed by atoms with van der Waals surface area (Å²) in [6.07, 6.45) is 2.77. The molecule has 0 radical (unpaired) electrons. The second-order valence-corrected chi connectivity index (χ2v) is 9.11. The molecule has 1 aromatic heterocycles. The average molecular weight is 455 g/mol. The molecule has 0 saturated heterocycles. The van der Waals surface area contributed by atoms with E-state index in [9.17, 15) is 9.59 Å². The molecule has 0 fully saturated rings. The Kier molecular flexibility index (Phi) is 6.22. The van der Waals surface area contributed by atoms with Crippen molar-refractivity contribution in [3.8, 4) is 0 Å². The van der Waals surface area contributed by atoms with Crippen LogP contribution in [0, 0.1) is 12.8 Å². The molecule has 6 heteroatoms. The molecule has 4 rings (SSSR count). The number of nitrogens with one attached hydrogen (secondary N) is 1. The van der Waals surface area contributed by atoms with Crippen molar-refractivity contribution in [3.63, 3.8) is 0 Å². The predicted molar refractivity (Wildman–Crippen MR) is 125 cm³/mol. The lowest BCUT2D eigenvalue weighted by molar-refractivity contribution is -0.112. The third-order valence-corrected chi connectivity index (χ3v) is 6.43. The molecule has 1 amide bonds. The van der Waals surface area contributed by atoms with E-state index in [0.717, 1.165) is 41.8 Å². The van der Waals surface area contributed by atoms with Crippen molar-refractivity contribution >= 4 is 40.6 Å². The Labute approximate surface area is 192 Å². The number of aromatic nitrogens is 1. The van der Waals surface area contributed by atoms with Gasteiger partial charge in [0.2, 0.25) is 0 Å². The molecule has 1 aliphatic carbocycles. The summed E-state index contributed by atoms with van der Waals surface area (Å²) >= 11 is 12.0. The first-order valence-electron chi connectivity index (χ1n) is 10.4.